The molecule has 1 aliphatic heterocycles. The monoisotopic (exact) mass is 297 g/mol. The number of carbonyl (C=O) groups excluding carboxylic acids is 1. The quantitative estimate of drug-likeness (QED) is 0.856. The lowest BCUT2D eigenvalue weighted by Gasteiger charge is -2.29. The molecule has 3 rings (SSSR count). The largest absolute Gasteiger partial charge is 0.457 e. The van der Waals surface area contributed by atoms with Crippen molar-refractivity contribution < 1.29 is 9.53 Å². The molecule has 1 heterocycles. The Morgan fingerprint density at radius 2 is 1.64 bits per heavy atom. The molecule has 0 fully saturated rings. The summed E-state index contributed by atoms with van der Waals surface area (Å²) in [7, 11) is 1.82. The number of hydrogen-bond donors (Lipinski definition) is 2. The van der Waals surface area contributed by atoms with Gasteiger partial charge in [0.25, 0.3) is 0 Å². The number of carbonyl (C=O) groups is 1. The highest BCUT2D eigenvalue weighted by atomic mass is 16.5. The van der Waals surface area contributed by atoms with Gasteiger partial charge in [0.1, 0.15) is 11.5 Å². The number of urea groups is 1. The molecule has 0 aliphatic carbocycles. The predicted octanol–water partition coefficient (Wildman–Crippen LogP) is 3.05. The molecule has 22 heavy (non-hydrogen) atoms. The van der Waals surface area contributed by atoms with Gasteiger partial charge in [0.2, 0.25) is 0 Å². The molecular weight excluding hydrogens is 278 g/mol. The summed E-state index contributed by atoms with van der Waals surface area (Å²) in [6.07, 6.45) is 0. The minimum absolute atomic E-state index is 0.230. The van der Waals surface area contributed by atoms with Gasteiger partial charge in [0.15, 0.2) is 0 Å². The van der Waals surface area contributed by atoms with Crippen molar-refractivity contribution >= 4 is 6.03 Å². The minimum Gasteiger partial charge on any atom is -0.457 e. The molecule has 0 aromatic heterocycles. The van der Waals surface area contributed by atoms with Crippen LogP contribution in [-0.2, 0) is 0 Å². The molecule has 0 radical (unpaired) electrons. The van der Waals surface area contributed by atoms with Crippen LogP contribution in [0.3, 0.4) is 0 Å². The Kier molecular flexibility index (Phi) is 3.98. The molecule has 2 aromatic rings. The van der Waals surface area contributed by atoms with Gasteiger partial charge in [0, 0.05) is 24.7 Å². The van der Waals surface area contributed by atoms with Crippen LogP contribution in [0.15, 0.2) is 48.5 Å². The fourth-order valence-electron chi connectivity index (χ4n) is 2.48. The number of fused-ring (bicyclic) bond motifs is 2. The molecular formula is C17H19N3O2. The van der Waals surface area contributed by atoms with Crippen molar-refractivity contribution in [2.45, 2.75) is 13.0 Å². The van der Waals surface area contributed by atoms with E-state index >= 15 is 0 Å². The van der Waals surface area contributed by atoms with E-state index in [0.29, 0.717) is 0 Å². The van der Waals surface area contributed by atoms with Gasteiger partial charge in [-0.2, -0.15) is 0 Å². The van der Waals surface area contributed by atoms with Crippen molar-refractivity contribution in [3.63, 3.8) is 0 Å². The Morgan fingerprint density at radius 1 is 1.09 bits per heavy atom. The molecule has 0 saturated carbocycles. The van der Waals surface area contributed by atoms with Gasteiger partial charge in [-0.1, -0.05) is 43.3 Å². The number of nitrogens with zero attached hydrogens (tertiary/aromatic N) is 1. The van der Waals surface area contributed by atoms with Crippen LogP contribution >= 0.6 is 0 Å². The van der Waals surface area contributed by atoms with Crippen LogP contribution in [0.5, 0.6) is 11.5 Å². The van der Waals surface area contributed by atoms with Gasteiger partial charge in [-0.3, -0.25) is 5.43 Å². The van der Waals surface area contributed by atoms with Crippen LogP contribution in [0.25, 0.3) is 0 Å². The number of hydrogen-bond acceptors (Lipinski definition) is 3. The van der Waals surface area contributed by atoms with E-state index < -0.39 is 0 Å². The summed E-state index contributed by atoms with van der Waals surface area (Å²) in [5.41, 5.74) is 4.69. The lowest BCUT2D eigenvalue weighted by molar-refractivity contribution is 0.199. The zero-order valence-corrected chi connectivity index (χ0v) is 12.7. The standard InChI is InChI=1S/C17H19N3O2/c1-3-20(2)19-17(21)18-16-12-8-4-6-10-14(12)22-15-11-7-5-9-13(15)16/h4-11,16H,3H2,1-2H3,(H2,18,19,21). The summed E-state index contributed by atoms with van der Waals surface area (Å²) >= 11 is 0. The second-order valence-corrected chi connectivity index (χ2v) is 5.21. The highest BCUT2D eigenvalue weighted by molar-refractivity contribution is 5.75. The van der Waals surface area contributed by atoms with E-state index in [4.69, 9.17) is 4.74 Å². The Balaban J connectivity index is 1.91. The van der Waals surface area contributed by atoms with E-state index in [-0.39, 0.29) is 12.1 Å². The minimum atomic E-state index is -0.235. The van der Waals surface area contributed by atoms with Gasteiger partial charge in [-0.15, -0.1) is 0 Å². The first-order valence-electron chi connectivity index (χ1n) is 7.33. The van der Waals surface area contributed by atoms with Crippen LogP contribution < -0.4 is 15.5 Å². The first-order valence-corrected chi connectivity index (χ1v) is 7.33. The SMILES string of the molecule is CCN(C)NC(=O)NC1c2ccccc2Oc2ccccc21. The fraction of sp³-hybridized carbons (Fsp3) is 0.235. The van der Waals surface area contributed by atoms with Crippen molar-refractivity contribution in [1.82, 2.24) is 15.8 Å². The maximum Gasteiger partial charge on any atom is 0.330 e. The summed E-state index contributed by atoms with van der Waals surface area (Å²) in [6.45, 7) is 2.70. The highest BCUT2D eigenvalue weighted by Crippen LogP contribution is 2.42. The summed E-state index contributed by atoms with van der Waals surface area (Å²) < 4.78 is 5.91. The Labute approximate surface area is 129 Å². The number of benzene rings is 2. The van der Waals surface area contributed by atoms with E-state index in [2.05, 4.69) is 10.7 Å². The third-order valence-corrected chi connectivity index (χ3v) is 3.72. The summed E-state index contributed by atoms with van der Waals surface area (Å²) in [5, 5.41) is 4.75. The average molecular weight is 297 g/mol. The maximum absolute atomic E-state index is 12.2. The molecule has 5 heteroatoms. The number of amides is 2. The lowest BCUT2D eigenvalue weighted by atomic mass is 9.95. The first-order chi connectivity index (χ1) is 10.7. The van der Waals surface area contributed by atoms with Crippen molar-refractivity contribution in [2.75, 3.05) is 13.6 Å². The lowest BCUT2D eigenvalue weighted by Crippen LogP contribution is -2.46. The molecule has 5 nitrogen and oxygen atoms in total. The molecule has 1 aliphatic rings. The topological polar surface area (TPSA) is 53.6 Å². The number of para-hydroxylation sites is 2. The summed E-state index contributed by atoms with van der Waals surface area (Å²) in [4.78, 5) is 12.2. The molecule has 0 unspecified atom stereocenters. The Morgan fingerprint density at radius 3 is 2.18 bits per heavy atom. The maximum atomic E-state index is 12.2. The highest BCUT2D eigenvalue weighted by Gasteiger charge is 2.28. The van der Waals surface area contributed by atoms with E-state index in [1.54, 1.807) is 5.01 Å². The van der Waals surface area contributed by atoms with Gasteiger partial charge in [-0.05, 0) is 12.1 Å². The van der Waals surface area contributed by atoms with Crippen molar-refractivity contribution in [1.29, 1.82) is 0 Å². The van der Waals surface area contributed by atoms with Gasteiger partial charge < -0.3 is 10.1 Å². The summed E-state index contributed by atoms with van der Waals surface area (Å²) in [6, 6.07) is 15.0. The normalized spacial score (nSPS) is 13.0. The average Bonchev–Trinajstić information content (AvgIpc) is 2.54. The number of nitrogens with one attached hydrogen (secondary N) is 2. The molecule has 114 valence electrons. The predicted molar refractivity (Wildman–Crippen MR) is 84.8 cm³/mol. The molecule has 2 N–H and O–H groups in total. The molecule has 0 saturated heterocycles. The molecule has 0 bridgehead atoms. The van der Waals surface area contributed by atoms with Crippen molar-refractivity contribution in [2.24, 2.45) is 0 Å². The zero-order chi connectivity index (χ0) is 15.5. The first kappa shape index (κ1) is 14.4. The smallest absolute Gasteiger partial charge is 0.330 e. The molecule has 2 amide bonds. The van der Waals surface area contributed by atoms with Crippen LogP contribution in [0, 0.1) is 0 Å². The molecule has 0 spiro atoms. The number of hydrazine groups is 1. The Hall–Kier alpha value is -2.53. The molecule has 0 atom stereocenters. The Bertz CT molecular complexity index is 642. The fourth-order valence-corrected chi connectivity index (χ4v) is 2.48. The van der Waals surface area contributed by atoms with Crippen LogP contribution in [-0.4, -0.2) is 24.6 Å². The second-order valence-electron chi connectivity index (χ2n) is 5.21. The van der Waals surface area contributed by atoms with Gasteiger partial charge in [-0.25, -0.2) is 9.80 Å². The van der Waals surface area contributed by atoms with E-state index in [1.807, 2.05) is 62.5 Å². The van der Waals surface area contributed by atoms with Crippen LogP contribution in [0.2, 0.25) is 0 Å². The third-order valence-electron chi connectivity index (χ3n) is 3.72. The molecule has 2 aromatic carbocycles. The number of rotatable bonds is 3. The van der Waals surface area contributed by atoms with Gasteiger partial charge in [0.05, 0.1) is 6.04 Å². The van der Waals surface area contributed by atoms with Crippen molar-refractivity contribution in [3.05, 3.63) is 59.7 Å². The van der Waals surface area contributed by atoms with Gasteiger partial charge >= 0.3 is 6.03 Å². The number of ether oxygens (including phenoxy) is 1. The summed E-state index contributed by atoms with van der Waals surface area (Å²) in [5.74, 6) is 1.55. The zero-order valence-electron chi connectivity index (χ0n) is 12.7. The van der Waals surface area contributed by atoms with Crippen LogP contribution in [0.1, 0.15) is 24.1 Å². The van der Waals surface area contributed by atoms with E-state index in [1.165, 1.54) is 0 Å². The van der Waals surface area contributed by atoms with E-state index in [0.717, 1.165) is 29.2 Å². The third kappa shape index (κ3) is 2.76. The van der Waals surface area contributed by atoms with E-state index in [9.17, 15) is 4.79 Å². The van der Waals surface area contributed by atoms with Crippen molar-refractivity contribution in [3.8, 4) is 11.5 Å². The second kappa shape index (κ2) is 6.07. The van der Waals surface area contributed by atoms with Crippen LogP contribution in [0.4, 0.5) is 4.79 Å².